The Morgan fingerprint density at radius 3 is 1.95 bits per heavy atom. The Morgan fingerprint density at radius 2 is 1.31 bits per heavy atom. The molecular formula is C27H31O15+. The molecule has 15 nitrogen and oxygen atoms in total. The first-order valence-electron chi connectivity index (χ1n) is 12.9. The number of ether oxygens (including phenoxy) is 4. The van der Waals surface area contributed by atoms with Gasteiger partial charge < -0.3 is 70.0 Å². The van der Waals surface area contributed by atoms with Crippen molar-refractivity contribution >= 4 is 11.0 Å². The van der Waals surface area contributed by atoms with E-state index >= 15 is 0 Å². The molecule has 2 aliphatic heterocycles. The van der Waals surface area contributed by atoms with Gasteiger partial charge in [-0.25, -0.2) is 4.42 Å². The summed E-state index contributed by atoms with van der Waals surface area (Å²) in [6.45, 7) is -1.50. The monoisotopic (exact) mass is 595 g/mol. The number of phenols is 3. The Balaban J connectivity index is 1.55. The minimum absolute atomic E-state index is 0.00357. The summed E-state index contributed by atoms with van der Waals surface area (Å²) in [5.74, 6) is -0.840. The van der Waals surface area contributed by atoms with E-state index < -0.39 is 74.6 Å². The summed E-state index contributed by atoms with van der Waals surface area (Å²) in [4.78, 5) is 0. The highest BCUT2D eigenvalue weighted by Crippen LogP contribution is 2.41. The van der Waals surface area contributed by atoms with Crippen LogP contribution in [0, 0.1) is 0 Å². The molecule has 3 heterocycles. The van der Waals surface area contributed by atoms with Crippen LogP contribution in [0.1, 0.15) is 0 Å². The maximum atomic E-state index is 10.9. The van der Waals surface area contributed by atoms with Crippen LogP contribution in [0.25, 0.3) is 22.3 Å². The van der Waals surface area contributed by atoms with Gasteiger partial charge in [0.15, 0.2) is 12.4 Å². The molecular weight excluding hydrogens is 564 g/mol. The number of aliphatic hydroxyl groups excluding tert-OH is 7. The molecule has 0 amide bonds. The molecule has 228 valence electrons. The fourth-order valence-corrected chi connectivity index (χ4v) is 4.84. The Kier molecular flexibility index (Phi) is 8.68. The van der Waals surface area contributed by atoms with E-state index in [1.165, 1.54) is 36.4 Å². The minimum Gasteiger partial charge on any atom is -0.508 e. The average Bonchev–Trinajstić information content (AvgIpc) is 2.97. The number of fused-ring (bicyclic) bond motifs is 1. The van der Waals surface area contributed by atoms with E-state index in [9.17, 15) is 51.1 Å². The standard InChI is InChI=1S/C27H30O15/c28-8-17-19(33)21(35)23(37)26(40-17)42-25-22(36)20(34)18(9-29)41-27(25)39-16-7-13-14(32)5-12(31)6-15(13)38-24(16)10-1-3-11(30)4-2-10/h1-7,17-23,25-29,33-37H,8-9H2,(H2-,30,31,32)/p+1/t17?,18?,19-,20-,21?,22?,23-,25?,26+,27-/m1/s1. The quantitative estimate of drug-likeness (QED) is 0.140. The predicted octanol–water partition coefficient (Wildman–Crippen LogP) is -1.50. The summed E-state index contributed by atoms with van der Waals surface area (Å²) < 4.78 is 28.8. The van der Waals surface area contributed by atoms with Crippen molar-refractivity contribution in [1.82, 2.24) is 0 Å². The van der Waals surface area contributed by atoms with Crippen molar-refractivity contribution in [3.8, 4) is 34.3 Å². The van der Waals surface area contributed by atoms with Crippen molar-refractivity contribution in [3.63, 3.8) is 0 Å². The van der Waals surface area contributed by atoms with Crippen LogP contribution in [0.4, 0.5) is 0 Å². The number of phenolic OH excluding ortho intramolecular Hbond substituents is 3. The lowest BCUT2D eigenvalue weighted by Gasteiger charge is -2.45. The Bertz CT molecular complexity index is 1380. The zero-order valence-electron chi connectivity index (χ0n) is 21.7. The summed E-state index contributed by atoms with van der Waals surface area (Å²) in [5.41, 5.74) is 0.402. The van der Waals surface area contributed by atoms with Crippen LogP contribution < -0.4 is 4.74 Å². The molecule has 10 atom stereocenters. The highest BCUT2D eigenvalue weighted by atomic mass is 16.8. The third-order valence-corrected chi connectivity index (χ3v) is 7.15. The SMILES string of the molecule is OCC1O[C@@H](Oc2cc3c(O)cc(O)cc3[o+]c2-c2ccc(O)cc2)C(O[C@@H]2OC(CO)[C@@H](O)C(O)[C@H]2O)C(O)[C@@H]1O. The second kappa shape index (κ2) is 12.1. The van der Waals surface area contributed by atoms with E-state index in [4.69, 9.17) is 23.4 Å². The molecule has 3 aromatic rings. The van der Waals surface area contributed by atoms with Gasteiger partial charge in [0, 0.05) is 12.1 Å². The number of aliphatic hydroxyl groups is 7. The van der Waals surface area contributed by atoms with E-state index in [0.29, 0.717) is 5.56 Å². The molecule has 0 spiro atoms. The van der Waals surface area contributed by atoms with E-state index in [2.05, 4.69) is 0 Å². The molecule has 2 fully saturated rings. The van der Waals surface area contributed by atoms with Gasteiger partial charge in [-0.1, -0.05) is 0 Å². The van der Waals surface area contributed by atoms with Crippen LogP contribution in [0.2, 0.25) is 0 Å². The van der Waals surface area contributed by atoms with Gasteiger partial charge in [0.05, 0.1) is 24.8 Å². The van der Waals surface area contributed by atoms with Crippen molar-refractivity contribution in [3.05, 3.63) is 42.5 Å². The number of aromatic hydroxyl groups is 3. The number of rotatable bonds is 7. The highest BCUT2D eigenvalue weighted by Gasteiger charge is 2.51. The molecule has 0 radical (unpaired) electrons. The molecule has 15 heteroatoms. The molecule has 2 aliphatic rings. The van der Waals surface area contributed by atoms with Crippen LogP contribution in [0.15, 0.2) is 46.9 Å². The maximum absolute atomic E-state index is 10.9. The second-order valence-corrected chi connectivity index (χ2v) is 9.99. The van der Waals surface area contributed by atoms with Crippen molar-refractivity contribution in [2.45, 2.75) is 61.4 Å². The van der Waals surface area contributed by atoms with Gasteiger partial charge in [0.25, 0.3) is 0 Å². The third kappa shape index (κ3) is 5.67. The summed E-state index contributed by atoms with van der Waals surface area (Å²) in [6, 6.07) is 9.32. The van der Waals surface area contributed by atoms with Gasteiger partial charge in [-0.3, -0.25) is 0 Å². The molecule has 5 rings (SSSR count). The average molecular weight is 596 g/mol. The van der Waals surface area contributed by atoms with Crippen molar-refractivity contribution in [2.75, 3.05) is 13.2 Å². The number of hydrogen-bond donors (Lipinski definition) is 10. The number of hydrogen-bond acceptors (Lipinski definition) is 14. The zero-order valence-corrected chi connectivity index (χ0v) is 21.7. The lowest BCUT2D eigenvalue weighted by molar-refractivity contribution is -0.357. The van der Waals surface area contributed by atoms with Crippen LogP contribution in [0.5, 0.6) is 23.0 Å². The molecule has 0 aliphatic carbocycles. The Labute approximate surface area is 237 Å². The van der Waals surface area contributed by atoms with Crippen LogP contribution in [-0.2, 0) is 14.2 Å². The third-order valence-electron chi connectivity index (χ3n) is 7.15. The first-order valence-corrected chi connectivity index (χ1v) is 12.9. The maximum Gasteiger partial charge on any atom is 0.402 e. The summed E-state index contributed by atoms with van der Waals surface area (Å²) >= 11 is 0. The highest BCUT2D eigenvalue weighted by molar-refractivity contribution is 5.88. The zero-order chi connectivity index (χ0) is 30.3. The molecule has 0 saturated carbocycles. The summed E-state index contributed by atoms with van der Waals surface area (Å²) in [6.07, 6.45) is -16.7. The fourth-order valence-electron chi connectivity index (χ4n) is 4.84. The Hall–Kier alpha value is -3.35. The van der Waals surface area contributed by atoms with E-state index in [1.54, 1.807) is 0 Å². The van der Waals surface area contributed by atoms with Gasteiger partial charge in [-0.2, -0.15) is 0 Å². The molecule has 10 N–H and O–H groups in total. The van der Waals surface area contributed by atoms with Gasteiger partial charge in [-0.05, 0) is 24.3 Å². The van der Waals surface area contributed by atoms with E-state index in [1.807, 2.05) is 0 Å². The molecule has 5 unspecified atom stereocenters. The molecule has 1 aromatic heterocycles. The number of benzene rings is 2. The normalized spacial score (nSPS) is 33.5. The first-order chi connectivity index (χ1) is 20.0. The largest absolute Gasteiger partial charge is 0.508 e. The van der Waals surface area contributed by atoms with Gasteiger partial charge in [0.2, 0.25) is 12.0 Å². The van der Waals surface area contributed by atoms with Gasteiger partial charge in [-0.15, -0.1) is 0 Å². The summed E-state index contributed by atoms with van der Waals surface area (Å²) in [7, 11) is 0. The van der Waals surface area contributed by atoms with E-state index in [-0.39, 0.29) is 39.7 Å². The van der Waals surface area contributed by atoms with Crippen LogP contribution in [0.3, 0.4) is 0 Å². The van der Waals surface area contributed by atoms with Gasteiger partial charge >= 0.3 is 11.3 Å². The smallest absolute Gasteiger partial charge is 0.402 e. The summed E-state index contributed by atoms with van der Waals surface area (Å²) in [5, 5.41) is 102. The van der Waals surface area contributed by atoms with Crippen LogP contribution >= 0.6 is 0 Å². The first kappa shape index (κ1) is 30.1. The molecule has 42 heavy (non-hydrogen) atoms. The fraction of sp³-hybridized carbons (Fsp3) is 0.444. The van der Waals surface area contributed by atoms with Crippen molar-refractivity contribution in [2.24, 2.45) is 0 Å². The van der Waals surface area contributed by atoms with Crippen LogP contribution in [-0.4, -0.2) is 126 Å². The second-order valence-electron chi connectivity index (χ2n) is 9.99. The molecule has 2 saturated heterocycles. The Morgan fingerprint density at radius 1 is 0.690 bits per heavy atom. The van der Waals surface area contributed by atoms with Crippen molar-refractivity contribution in [1.29, 1.82) is 0 Å². The topological polar surface area (TPSA) is 251 Å². The minimum atomic E-state index is -1.86. The van der Waals surface area contributed by atoms with Gasteiger partial charge in [0.1, 0.15) is 65.4 Å². The van der Waals surface area contributed by atoms with Crippen molar-refractivity contribution < 1.29 is 74.4 Å². The molecule has 2 aromatic carbocycles. The van der Waals surface area contributed by atoms with E-state index in [0.717, 1.165) is 6.07 Å². The lowest BCUT2D eigenvalue weighted by Crippen LogP contribution is -2.65. The lowest BCUT2D eigenvalue weighted by atomic mass is 9.97. The molecule has 0 bridgehead atoms. The predicted molar refractivity (Wildman–Crippen MR) is 138 cm³/mol.